The van der Waals surface area contributed by atoms with Gasteiger partial charge in [0.2, 0.25) is 0 Å². The first-order valence-corrected chi connectivity index (χ1v) is 19.7. The van der Waals surface area contributed by atoms with Crippen molar-refractivity contribution in [2.45, 2.75) is 5.41 Å². The van der Waals surface area contributed by atoms with Crippen LogP contribution in [0.5, 0.6) is 0 Å². The summed E-state index contributed by atoms with van der Waals surface area (Å²) in [7, 11) is 0. The van der Waals surface area contributed by atoms with Crippen LogP contribution in [-0.4, -0.2) is 4.57 Å². The highest BCUT2D eigenvalue weighted by atomic mass is 15.1. The van der Waals surface area contributed by atoms with E-state index in [1.54, 1.807) is 0 Å². The van der Waals surface area contributed by atoms with Gasteiger partial charge in [0.05, 0.1) is 16.4 Å². The molecule has 0 saturated heterocycles. The Labute approximate surface area is 333 Å². The number of rotatable bonds is 7. The zero-order chi connectivity index (χ0) is 37.8. The molecule has 2 nitrogen and oxygen atoms in total. The van der Waals surface area contributed by atoms with Crippen LogP contribution in [0, 0.1) is 0 Å². The van der Waals surface area contributed by atoms with Crippen molar-refractivity contribution in [3.05, 3.63) is 253 Å². The molecule has 0 atom stereocenters. The van der Waals surface area contributed by atoms with Crippen molar-refractivity contribution in [3.63, 3.8) is 0 Å². The summed E-state index contributed by atoms with van der Waals surface area (Å²) >= 11 is 0. The Morgan fingerprint density at radius 2 is 0.807 bits per heavy atom. The van der Waals surface area contributed by atoms with E-state index in [-0.39, 0.29) is 0 Å². The highest BCUT2D eigenvalue weighted by Gasteiger charge is 2.45. The van der Waals surface area contributed by atoms with E-state index < -0.39 is 5.41 Å². The summed E-state index contributed by atoms with van der Waals surface area (Å²) in [4.78, 5) is 2.39. The molecule has 1 heterocycles. The first kappa shape index (κ1) is 33.0. The normalized spacial score (nSPS) is 12.7. The van der Waals surface area contributed by atoms with E-state index in [1.807, 2.05) is 0 Å². The monoisotopic (exact) mass is 726 g/mol. The summed E-state index contributed by atoms with van der Waals surface area (Å²) in [5.41, 5.74) is 16.5. The van der Waals surface area contributed by atoms with Gasteiger partial charge < -0.3 is 9.47 Å². The summed E-state index contributed by atoms with van der Waals surface area (Å²) in [6.45, 7) is 0. The van der Waals surface area contributed by atoms with Crippen LogP contribution in [0.3, 0.4) is 0 Å². The molecule has 0 bridgehead atoms. The van der Waals surface area contributed by atoms with Crippen LogP contribution in [-0.2, 0) is 5.41 Å². The van der Waals surface area contributed by atoms with Crippen LogP contribution in [0.2, 0.25) is 0 Å². The molecule has 11 rings (SSSR count). The Morgan fingerprint density at radius 3 is 1.42 bits per heavy atom. The Morgan fingerprint density at radius 1 is 0.333 bits per heavy atom. The van der Waals surface area contributed by atoms with E-state index in [2.05, 4.69) is 240 Å². The third-order valence-electron chi connectivity index (χ3n) is 11.9. The van der Waals surface area contributed by atoms with E-state index in [1.165, 1.54) is 66.3 Å². The highest BCUT2D eigenvalue weighted by Crippen LogP contribution is 2.56. The van der Waals surface area contributed by atoms with Gasteiger partial charge >= 0.3 is 0 Å². The summed E-state index contributed by atoms with van der Waals surface area (Å²) in [6, 6.07) is 84.1. The predicted octanol–water partition coefficient (Wildman–Crippen LogP) is 14.3. The quantitative estimate of drug-likeness (QED) is 0.159. The molecule has 0 unspecified atom stereocenters. The van der Waals surface area contributed by atoms with Gasteiger partial charge in [-0.1, -0.05) is 170 Å². The summed E-state index contributed by atoms with van der Waals surface area (Å²) in [6.07, 6.45) is 0. The number of benzene rings is 9. The van der Waals surface area contributed by atoms with Crippen LogP contribution < -0.4 is 4.90 Å². The number of fused-ring (bicyclic) bond motifs is 6. The van der Waals surface area contributed by atoms with E-state index in [4.69, 9.17) is 0 Å². The maximum absolute atomic E-state index is 2.39. The standard InChI is InChI=1S/C55H38N2/c1-3-16-39(17-4-1)40-18-15-21-46(38-40)56(44-34-36-45(37-35-44)57-53-28-13-9-24-49(53)50-25-10-14-29-54(50)57)43-32-30-42(31-33-43)55(41-19-5-2-6-20-41)51-26-11-7-22-47(51)48-23-8-12-27-52(48)55/h1-38H. The zero-order valence-corrected chi connectivity index (χ0v) is 31.3. The fourth-order valence-corrected chi connectivity index (χ4v) is 9.43. The van der Waals surface area contributed by atoms with Gasteiger partial charge in [0.15, 0.2) is 0 Å². The molecule has 0 radical (unpaired) electrons. The molecule has 10 aromatic rings. The Kier molecular flexibility index (Phi) is 7.75. The summed E-state index contributed by atoms with van der Waals surface area (Å²) < 4.78 is 2.38. The molecule has 1 aliphatic carbocycles. The molecule has 9 aromatic carbocycles. The first-order chi connectivity index (χ1) is 28.3. The minimum atomic E-state index is -0.449. The summed E-state index contributed by atoms with van der Waals surface area (Å²) in [5, 5.41) is 2.52. The lowest BCUT2D eigenvalue weighted by molar-refractivity contribution is 0.768. The number of nitrogens with zero attached hydrogens (tertiary/aromatic N) is 2. The van der Waals surface area contributed by atoms with Crippen molar-refractivity contribution < 1.29 is 0 Å². The maximum atomic E-state index is 2.39. The molecule has 2 heteroatoms. The van der Waals surface area contributed by atoms with Gasteiger partial charge in [-0.05, 0) is 105 Å². The number of anilines is 3. The number of para-hydroxylation sites is 2. The second kappa shape index (κ2) is 13.4. The van der Waals surface area contributed by atoms with Crippen molar-refractivity contribution in [2.24, 2.45) is 0 Å². The zero-order valence-electron chi connectivity index (χ0n) is 31.3. The van der Waals surface area contributed by atoms with Crippen molar-refractivity contribution in [2.75, 3.05) is 4.90 Å². The molecule has 0 aliphatic heterocycles. The molecule has 0 fully saturated rings. The molecular formula is C55H38N2. The third-order valence-corrected chi connectivity index (χ3v) is 11.9. The van der Waals surface area contributed by atoms with Crippen LogP contribution >= 0.6 is 0 Å². The molecule has 0 amide bonds. The largest absolute Gasteiger partial charge is 0.310 e. The molecule has 0 saturated carbocycles. The molecular weight excluding hydrogens is 689 g/mol. The van der Waals surface area contributed by atoms with E-state index in [0.29, 0.717) is 0 Å². The van der Waals surface area contributed by atoms with Gasteiger partial charge in [0, 0.05) is 33.5 Å². The van der Waals surface area contributed by atoms with Gasteiger partial charge in [-0.3, -0.25) is 0 Å². The Bertz CT molecular complexity index is 2950. The van der Waals surface area contributed by atoms with Crippen molar-refractivity contribution in [3.8, 4) is 27.9 Å². The minimum Gasteiger partial charge on any atom is -0.310 e. The van der Waals surface area contributed by atoms with Crippen LogP contribution in [0.25, 0.3) is 49.7 Å². The van der Waals surface area contributed by atoms with E-state index >= 15 is 0 Å². The predicted molar refractivity (Wildman–Crippen MR) is 238 cm³/mol. The SMILES string of the molecule is c1ccc(-c2cccc(N(c3ccc(-n4c5ccccc5c5ccccc54)cc3)c3ccc(C4(c5ccccc5)c5ccccc5-c5ccccc54)cc3)c2)cc1. The Hall–Kier alpha value is -7.42. The average Bonchev–Trinajstić information content (AvgIpc) is 3.79. The van der Waals surface area contributed by atoms with Gasteiger partial charge in [0.25, 0.3) is 0 Å². The maximum Gasteiger partial charge on any atom is 0.0713 e. The molecule has 1 aromatic heterocycles. The first-order valence-electron chi connectivity index (χ1n) is 19.7. The molecule has 0 spiro atoms. The van der Waals surface area contributed by atoms with Crippen molar-refractivity contribution in [1.82, 2.24) is 4.57 Å². The molecule has 0 N–H and O–H groups in total. The number of aromatic nitrogens is 1. The second-order valence-corrected chi connectivity index (χ2v) is 14.9. The molecule has 57 heavy (non-hydrogen) atoms. The molecule has 1 aliphatic rings. The van der Waals surface area contributed by atoms with E-state index in [9.17, 15) is 0 Å². The lowest BCUT2D eigenvalue weighted by Gasteiger charge is -2.34. The van der Waals surface area contributed by atoms with Crippen molar-refractivity contribution in [1.29, 1.82) is 0 Å². The smallest absolute Gasteiger partial charge is 0.0713 e. The highest BCUT2D eigenvalue weighted by molar-refractivity contribution is 6.09. The topological polar surface area (TPSA) is 8.17 Å². The summed E-state index contributed by atoms with van der Waals surface area (Å²) in [5.74, 6) is 0. The number of hydrogen-bond acceptors (Lipinski definition) is 1. The van der Waals surface area contributed by atoms with Crippen molar-refractivity contribution >= 4 is 38.9 Å². The minimum absolute atomic E-state index is 0.449. The fourth-order valence-electron chi connectivity index (χ4n) is 9.43. The number of hydrogen-bond donors (Lipinski definition) is 0. The van der Waals surface area contributed by atoms with E-state index in [0.717, 1.165) is 22.7 Å². The van der Waals surface area contributed by atoms with Gasteiger partial charge in [-0.15, -0.1) is 0 Å². The lowest BCUT2D eigenvalue weighted by atomic mass is 9.68. The fraction of sp³-hybridized carbons (Fsp3) is 0.0182. The lowest BCUT2D eigenvalue weighted by Crippen LogP contribution is -2.28. The van der Waals surface area contributed by atoms with Crippen LogP contribution in [0.1, 0.15) is 22.3 Å². The van der Waals surface area contributed by atoms with Gasteiger partial charge in [-0.2, -0.15) is 0 Å². The Balaban J connectivity index is 1.07. The third kappa shape index (κ3) is 5.18. The second-order valence-electron chi connectivity index (χ2n) is 14.9. The average molecular weight is 727 g/mol. The molecule has 268 valence electrons. The van der Waals surface area contributed by atoms with Gasteiger partial charge in [0.1, 0.15) is 0 Å². The van der Waals surface area contributed by atoms with Gasteiger partial charge in [-0.25, -0.2) is 0 Å². The van der Waals surface area contributed by atoms with Crippen LogP contribution in [0.4, 0.5) is 17.1 Å². The van der Waals surface area contributed by atoms with Crippen LogP contribution in [0.15, 0.2) is 231 Å².